The highest BCUT2D eigenvalue weighted by Crippen LogP contribution is 2.16. The molecule has 0 spiro atoms. The SMILES string of the molecule is CCCCCCC(O)C(Br)C=CCCCCCCCCCC(C)=O. The molecular weight excluding hydrogens is 364 g/mol. The Hall–Kier alpha value is -0.150. The third-order valence-corrected chi connectivity index (χ3v) is 5.36. The van der Waals surface area contributed by atoms with Gasteiger partial charge in [0.05, 0.1) is 10.9 Å². The first-order chi connectivity index (χ1) is 11.6. The lowest BCUT2D eigenvalue weighted by molar-refractivity contribution is -0.117. The van der Waals surface area contributed by atoms with Crippen LogP contribution in [0.25, 0.3) is 0 Å². The second-order valence-corrected chi connectivity index (χ2v) is 8.06. The van der Waals surface area contributed by atoms with Gasteiger partial charge in [0.2, 0.25) is 0 Å². The van der Waals surface area contributed by atoms with Gasteiger partial charge in [0, 0.05) is 6.42 Å². The number of rotatable bonds is 17. The van der Waals surface area contributed by atoms with Gasteiger partial charge in [0.25, 0.3) is 0 Å². The molecule has 0 saturated carbocycles. The number of Topliss-reactive ketones (excluding diaryl/α,β-unsaturated/α-hetero) is 1. The molecule has 0 fully saturated rings. The number of unbranched alkanes of at least 4 members (excludes halogenated alkanes) is 10. The van der Waals surface area contributed by atoms with E-state index in [9.17, 15) is 9.90 Å². The Morgan fingerprint density at radius 3 is 2.17 bits per heavy atom. The zero-order chi connectivity index (χ0) is 18.0. The molecule has 0 aliphatic heterocycles. The standard InChI is InChI=1S/C21H39BrO2/c1-3-4-5-15-18-21(24)20(22)17-14-12-10-8-6-7-9-11-13-16-19(2)23/h14,17,20-21,24H,3-13,15-16,18H2,1-2H3. The minimum absolute atomic E-state index is 0.0976. The van der Waals surface area contributed by atoms with Crippen molar-refractivity contribution in [2.75, 3.05) is 0 Å². The molecule has 0 aliphatic rings. The highest BCUT2D eigenvalue weighted by Gasteiger charge is 2.11. The molecule has 142 valence electrons. The van der Waals surface area contributed by atoms with E-state index in [1.807, 2.05) is 0 Å². The molecule has 0 rings (SSSR count). The molecule has 0 amide bonds. The fourth-order valence-corrected chi connectivity index (χ4v) is 3.29. The first-order valence-corrected chi connectivity index (χ1v) is 11.0. The van der Waals surface area contributed by atoms with Gasteiger partial charge in [-0.05, 0) is 32.6 Å². The maximum absolute atomic E-state index is 10.8. The van der Waals surface area contributed by atoms with Gasteiger partial charge in [-0.15, -0.1) is 0 Å². The summed E-state index contributed by atoms with van der Waals surface area (Å²) in [4.78, 5) is 10.9. The van der Waals surface area contributed by atoms with Crippen LogP contribution in [0, 0.1) is 0 Å². The van der Waals surface area contributed by atoms with Crippen molar-refractivity contribution < 1.29 is 9.90 Å². The summed E-state index contributed by atoms with van der Waals surface area (Å²) in [6.45, 7) is 3.89. The molecule has 2 nitrogen and oxygen atoms in total. The highest BCUT2D eigenvalue weighted by molar-refractivity contribution is 9.09. The molecule has 0 bridgehead atoms. The second-order valence-electron chi connectivity index (χ2n) is 7.00. The van der Waals surface area contributed by atoms with Crippen LogP contribution in [0.4, 0.5) is 0 Å². The van der Waals surface area contributed by atoms with Gasteiger partial charge < -0.3 is 9.90 Å². The second kappa shape index (κ2) is 17.7. The first-order valence-electron chi connectivity index (χ1n) is 10.1. The number of aliphatic hydroxyl groups is 1. The van der Waals surface area contributed by atoms with E-state index in [-0.39, 0.29) is 10.9 Å². The molecule has 0 saturated heterocycles. The quantitative estimate of drug-likeness (QED) is 0.166. The van der Waals surface area contributed by atoms with E-state index < -0.39 is 0 Å². The van der Waals surface area contributed by atoms with Gasteiger partial charge in [-0.25, -0.2) is 0 Å². The largest absolute Gasteiger partial charge is 0.392 e. The molecule has 24 heavy (non-hydrogen) atoms. The molecule has 0 radical (unpaired) electrons. The molecule has 0 aliphatic carbocycles. The molecule has 1 N–H and O–H groups in total. The topological polar surface area (TPSA) is 37.3 Å². The number of hydrogen-bond donors (Lipinski definition) is 1. The lowest BCUT2D eigenvalue weighted by atomic mass is 10.1. The summed E-state index contributed by atoms with van der Waals surface area (Å²) in [6.07, 6.45) is 20.3. The minimum Gasteiger partial charge on any atom is -0.392 e. The zero-order valence-electron chi connectivity index (χ0n) is 15.9. The van der Waals surface area contributed by atoms with Crippen LogP contribution in [0.1, 0.15) is 104 Å². The van der Waals surface area contributed by atoms with E-state index in [0.29, 0.717) is 5.78 Å². The van der Waals surface area contributed by atoms with Gasteiger partial charge in [-0.1, -0.05) is 92.8 Å². The summed E-state index contributed by atoms with van der Waals surface area (Å²) in [6, 6.07) is 0. The predicted octanol–water partition coefficient (Wildman–Crippen LogP) is 6.74. The molecular formula is C21H39BrO2. The van der Waals surface area contributed by atoms with E-state index in [1.54, 1.807) is 6.92 Å². The highest BCUT2D eigenvalue weighted by atomic mass is 79.9. The molecule has 0 aromatic carbocycles. The van der Waals surface area contributed by atoms with Crippen molar-refractivity contribution in [1.29, 1.82) is 0 Å². The van der Waals surface area contributed by atoms with E-state index in [0.717, 1.165) is 32.1 Å². The Balaban J connectivity index is 3.42. The van der Waals surface area contributed by atoms with Gasteiger partial charge in [0.15, 0.2) is 0 Å². The van der Waals surface area contributed by atoms with Crippen molar-refractivity contribution >= 4 is 21.7 Å². The lowest BCUT2D eigenvalue weighted by Crippen LogP contribution is -2.17. The third-order valence-electron chi connectivity index (χ3n) is 4.44. The summed E-state index contributed by atoms with van der Waals surface area (Å²) in [7, 11) is 0. The fraction of sp³-hybridized carbons (Fsp3) is 0.857. The van der Waals surface area contributed by atoms with Crippen molar-refractivity contribution in [3.8, 4) is 0 Å². The molecule has 0 aromatic rings. The Kier molecular flexibility index (Phi) is 17.6. The van der Waals surface area contributed by atoms with E-state index in [1.165, 1.54) is 57.8 Å². The van der Waals surface area contributed by atoms with Crippen molar-refractivity contribution in [3.63, 3.8) is 0 Å². The summed E-state index contributed by atoms with van der Waals surface area (Å²) in [5.74, 6) is 0.318. The zero-order valence-corrected chi connectivity index (χ0v) is 17.5. The maximum Gasteiger partial charge on any atom is 0.129 e. The predicted molar refractivity (Wildman–Crippen MR) is 109 cm³/mol. The molecule has 0 aromatic heterocycles. The Bertz CT molecular complexity index is 315. The number of aliphatic hydroxyl groups excluding tert-OH is 1. The van der Waals surface area contributed by atoms with Crippen LogP contribution in [0.15, 0.2) is 12.2 Å². The minimum atomic E-state index is -0.256. The monoisotopic (exact) mass is 402 g/mol. The smallest absolute Gasteiger partial charge is 0.129 e. The van der Waals surface area contributed by atoms with E-state index in [4.69, 9.17) is 0 Å². The average Bonchev–Trinajstić information content (AvgIpc) is 2.55. The molecule has 2 unspecified atom stereocenters. The van der Waals surface area contributed by atoms with Gasteiger partial charge in [0.1, 0.15) is 5.78 Å². The van der Waals surface area contributed by atoms with E-state index >= 15 is 0 Å². The molecule has 0 heterocycles. The third kappa shape index (κ3) is 16.7. The number of carbonyl (C=O) groups is 1. The number of alkyl halides is 1. The van der Waals surface area contributed by atoms with Crippen LogP contribution in [-0.2, 0) is 4.79 Å². The van der Waals surface area contributed by atoms with Crippen LogP contribution in [0.5, 0.6) is 0 Å². The Labute approximate surface area is 158 Å². The number of ketones is 1. The lowest BCUT2D eigenvalue weighted by Gasteiger charge is -2.13. The van der Waals surface area contributed by atoms with Crippen LogP contribution in [0.3, 0.4) is 0 Å². The average molecular weight is 403 g/mol. The van der Waals surface area contributed by atoms with E-state index in [2.05, 4.69) is 35.0 Å². The van der Waals surface area contributed by atoms with Gasteiger partial charge in [-0.3, -0.25) is 0 Å². The van der Waals surface area contributed by atoms with Gasteiger partial charge >= 0.3 is 0 Å². The number of halogens is 1. The van der Waals surface area contributed by atoms with Crippen molar-refractivity contribution in [2.45, 2.75) is 115 Å². The number of allylic oxidation sites excluding steroid dienone is 1. The van der Waals surface area contributed by atoms with Crippen molar-refractivity contribution in [3.05, 3.63) is 12.2 Å². The summed E-state index contributed by atoms with van der Waals surface area (Å²) < 4.78 is 0. The van der Waals surface area contributed by atoms with Crippen LogP contribution >= 0.6 is 15.9 Å². The Morgan fingerprint density at radius 1 is 0.958 bits per heavy atom. The molecule has 3 heteroatoms. The fourth-order valence-electron chi connectivity index (χ4n) is 2.81. The van der Waals surface area contributed by atoms with Crippen LogP contribution < -0.4 is 0 Å². The van der Waals surface area contributed by atoms with Crippen molar-refractivity contribution in [1.82, 2.24) is 0 Å². The maximum atomic E-state index is 10.8. The summed E-state index contributed by atoms with van der Waals surface area (Å²) in [5.41, 5.74) is 0. The number of carbonyl (C=O) groups excluding carboxylic acids is 1. The summed E-state index contributed by atoms with van der Waals surface area (Å²) in [5, 5.41) is 10.1. The van der Waals surface area contributed by atoms with Crippen LogP contribution in [-0.4, -0.2) is 21.8 Å². The molecule has 2 atom stereocenters. The Morgan fingerprint density at radius 2 is 1.54 bits per heavy atom. The first kappa shape index (κ1) is 23.9. The summed E-state index contributed by atoms with van der Waals surface area (Å²) >= 11 is 3.58. The number of hydrogen-bond acceptors (Lipinski definition) is 2. The van der Waals surface area contributed by atoms with Crippen molar-refractivity contribution in [2.24, 2.45) is 0 Å². The van der Waals surface area contributed by atoms with Gasteiger partial charge in [-0.2, -0.15) is 0 Å². The normalized spacial score (nSPS) is 14.2. The van der Waals surface area contributed by atoms with Crippen LogP contribution in [0.2, 0.25) is 0 Å².